The number of non-ortho nitro benzene ring substituents is 1. The first-order chi connectivity index (χ1) is 9.62. The van der Waals surface area contributed by atoms with Gasteiger partial charge in [0.2, 0.25) is 0 Å². The van der Waals surface area contributed by atoms with E-state index in [1.54, 1.807) is 0 Å². The number of nitrogens with zero attached hydrogens (tertiary/aromatic N) is 2. The van der Waals surface area contributed by atoms with Crippen LogP contribution in [0.1, 0.15) is 5.56 Å². The lowest BCUT2D eigenvalue weighted by atomic mass is 10.0. The monoisotopic (exact) mass is 312 g/mol. The highest BCUT2D eigenvalue weighted by Gasteiger charge is 2.24. The van der Waals surface area contributed by atoms with Crippen LogP contribution in [-0.2, 0) is 10.1 Å². The Morgan fingerprint density at radius 1 is 1.00 bits per heavy atom. The average molecular weight is 312 g/mol. The fourth-order valence-corrected chi connectivity index (χ4v) is 2.52. The lowest BCUT2D eigenvalue weighted by Crippen LogP contribution is -2.01. The molecule has 2 aromatic rings. The molecule has 0 fully saturated rings. The lowest BCUT2D eigenvalue weighted by Gasteiger charge is -2.06. The van der Waals surface area contributed by atoms with Gasteiger partial charge in [-0.05, 0) is 30.5 Å². The van der Waals surface area contributed by atoms with Crippen molar-refractivity contribution in [2.24, 2.45) is 0 Å². The fourth-order valence-electron chi connectivity index (χ4n) is 2.01. The molecular formula is C11H8N2O7S. The first kappa shape index (κ1) is 14.8. The second kappa shape index (κ2) is 4.75. The number of hydrogen-bond donors (Lipinski definition) is 1. The third-order valence-electron chi connectivity index (χ3n) is 3.02. The zero-order valence-corrected chi connectivity index (χ0v) is 11.3. The summed E-state index contributed by atoms with van der Waals surface area (Å²) in [5.74, 6) is 0. The number of nitro groups is 2. The molecule has 0 heterocycles. The maximum atomic E-state index is 11.1. The van der Waals surface area contributed by atoms with Crippen LogP contribution in [0.3, 0.4) is 0 Å². The van der Waals surface area contributed by atoms with Crippen LogP contribution in [0.2, 0.25) is 0 Å². The van der Waals surface area contributed by atoms with Gasteiger partial charge in [-0.3, -0.25) is 24.8 Å². The molecule has 0 radical (unpaired) electrons. The smallest absolute Gasteiger partial charge is 0.282 e. The van der Waals surface area contributed by atoms with Crippen LogP contribution in [0.25, 0.3) is 10.8 Å². The van der Waals surface area contributed by atoms with Crippen LogP contribution in [-0.4, -0.2) is 22.8 Å². The van der Waals surface area contributed by atoms with Crippen LogP contribution >= 0.6 is 0 Å². The number of benzene rings is 2. The molecule has 0 bridgehead atoms. The molecule has 0 saturated heterocycles. The molecule has 0 unspecified atom stereocenters. The Kier molecular flexibility index (Phi) is 3.35. The molecule has 9 nitrogen and oxygen atoms in total. The van der Waals surface area contributed by atoms with Gasteiger partial charge in [0.05, 0.1) is 26.2 Å². The number of hydrogen-bond acceptors (Lipinski definition) is 6. The molecule has 0 aromatic heterocycles. The Balaban J connectivity index is 2.99. The molecule has 1 N–H and O–H groups in total. The molecule has 21 heavy (non-hydrogen) atoms. The molecule has 0 saturated carbocycles. The summed E-state index contributed by atoms with van der Waals surface area (Å²) in [6.45, 7) is 1.35. The third-order valence-corrected chi connectivity index (χ3v) is 3.87. The molecule has 0 spiro atoms. The minimum atomic E-state index is -4.52. The van der Waals surface area contributed by atoms with Crippen LogP contribution in [0.5, 0.6) is 0 Å². The van der Waals surface area contributed by atoms with Crippen molar-refractivity contribution in [2.75, 3.05) is 0 Å². The summed E-state index contributed by atoms with van der Waals surface area (Å²) in [6, 6.07) is 3.92. The Hall–Kier alpha value is -2.59. The zero-order chi connectivity index (χ0) is 15.9. The number of aryl methyl sites for hydroxylation is 1. The van der Waals surface area contributed by atoms with Crippen molar-refractivity contribution in [2.45, 2.75) is 11.8 Å². The average Bonchev–Trinajstić information content (AvgIpc) is 2.36. The molecule has 0 aliphatic rings. The number of fused-ring (bicyclic) bond motifs is 1. The minimum Gasteiger partial charge on any atom is -0.282 e. The number of nitro benzene ring substituents is 2. The predicted molar refractivity (Wildman–Crippen MR) is 71.8 cm³/mol. The first-order valence-corrected chi connectivity index (χ1v) is 6.90. The van der Waals surface area contributed by atoms with Crippen molar-refractivity contribution < 1.29 is 22.8 Å². The van der Waals surface area contributed by atoms with Crippen molar-refractivity contribution in [3.63, 3.8) is 0 Å². The second-order valence-corrected chi connectivity index (χ2v) is 5.66. The molecule has 0 amide bonds. The van der Waals surface area contributed by atoms with E-state index in [1.165, 1.54) is 6.92 Å². The molecule has 0 aliphatic heterocycles. The molecular weight excluding hydrogens is 304 g/mol. The van der Waals surface area contributed by atoms with Gasteiger partial charge in [-0.2, -0.15) is 8.42 Å². The van der Waals surface area contributed by atoms with Gasteiger partial charge in [0.1, 0.15) is 0 Å². The van der Waals surface area contributed by atoms with Crippen LogP contribution in [0.4, 0.5) is 11.4 Å². The van der Waals surface area contributed by atoms with E-state index in [4.69, 9.17) is 4.55 Å². The molecule has 0 atom stereocenters. The lowest BCUT2D eigenvalue weighted by molar-refractivity contribution is -0.393. The largest absolute Gasteiger partial charge is 0.294 e. The molecule has 2 rings (SSSR count). The summed E-state index contributed by atoms with van der Waals surface area (Å²) >= 11 is 0. The second-order valence-electron chi connectivity index (χ2n) is 4.24. The topological polar surface area (TPSA) is 141 Å². The van der Waals surface area contributed by atoms with Crippen LogP contribution in [0.15, 0.2) is 29.2 Å². The van der Waals surface area contributed by atoms with Gasteiger partial charge in [-0.1, -0.05) is 0 Å². The van der Waals surface area contributed by atoms with Crippen molar-refractivity contribution >= 4 is 32.3 Å². The van der Waals surface area contributed by atoms with Crippen LogP contribution < -0.4 is 0 Å². The van der Waals surface area contributed by atoms with Gasteiger partial charge in [-0.15, -0.1) is 0 Å². The summed E-state index contributed by atoms with van der Waals surface area (Å²) in [5.41, 5.74) is -0.933. The van der Waals surface area contributed by atoms with E-state index in [0.29, 0.717) is 0 Å². The van der Waals surface area contributed by atoms with E-state index in [-0.39, 0.29) is 16.3 Å². The van der Waals surface area contributed by atoms with E-state index in [0.717, 1.165) is 24.3 Å². The van der Waals surface area contributed by atoms with Gasteiger partial charge in [0.25, 0.3) is 21.5 Å². The summed E-state index contributed by atoms with van der Waals surface area (Å²) in [5, 5.41) is 22.0. The molecule has 10 heteroatoms. The van der Waals surface area contributed by atoms with E-state index in [2.05, 4.69) is 0 Å². The predicted octanol–water partition coefficient (Wildman–Crippen LogP) is 2.21. The van der Waals surface area contributed by atoms with E-state index < -0.39 is 36.2 Å². The van der Waals surface area contributed by atoms with E-state index in [1.807, 2.05) is 0 Å². The molecule has 2 aromatic carbocycles. The van der Waals surface area contributed by atoms with Crippen molar-refractivity contribution in [3.8, 4) is 0 Å². The minimum absolute atomic E-state index is 0.0195. The Bertz CT molecular complexity index is 889. The quantitative estimate of drug-likeness (QED) is 0.520. The van der Waals surface area contributed by atoms with Crippen molar-refractivity contribution in [3.05, 3.63) is 50.1 Å². The van der Waals surface area contributed by atoms with E-state index in [9.17, 15) is 28.6 Å². The third kappa shape index (κ3) is 2.53. The van der Waals surface area contributed by atoms with Gasteiger partial charge in [0.15, 0.2) is 0 Å². The first-order valence-electron chi connectivity index (χ1n) is 5.46. The van der Waals surface area contributed by atoms with Crippen molar-refractivity contribution in [1.82, 2.24) is 0 Å². The highest BCUT2D eigenvalue weighted by atomic mass is 32.2. The summed E-state index contributed by atoms with van der Waals surface area (Å²) in [6.07, 6.45) is 0. The Morgan fingerprint density at radius 3 is 2.05 bits per heavy atom. The van der Waals surface area contributed by atoms with Gasteiger partial charge < -0.3 is 0 Å². The summed E-state index contributed by atoms with van der Waals surface area (Å²) < 4.78 is 31.2. The standard InChI is InChI=1S/C11H8N2O7S/c1-6-9-4-7(21(18,19)20)2-3-8(9)11(13(16)17)5-10(6)12(14)15/h2-5H,1H3,(H,18,19,20). The van der Waals surface area contributed by atoms with E-state index >= 15 is 0 Å². The SMILES string of the molecule is Cc1c([N+](=O)[O-])cc([N+](=O)[O-])c2ccc(S(=O)(=O)O)cc12. The Labute approximate surface area is 117 Å². The summed E-state index contributed by atoms with van der Waals surface area (Å²) in [4.78, 5) is 19.9. The van der Waals surface area contributed by atoms with Crippen molar-refractivity contribution in [1.29, 1.82) is 0 Å². The molecule has 0 aliphatic carbocycles. The van der Waals surface area contributed by atoms with Gasteiger partial charge in [0, 0.05) is 5.56 Å². The fraction of sp³-hybridized carbons (Fsp3) is 0.0909. The normalized spacial score (nSPS) is 11.5. The van der Waals surface area contributed by atoms with Crippen LogP contribution in [0, 0.1) is 27.2 Å². The van der Waals surface area contributed by atoms with Gasteiger partial charge in [-0.25, -0.2) is 0 Å². The highest BCUT2D eigenvalue weighted by molar-refractivity contribution is 7.85. The molecule has 110 valence electrons. The maximum absolute atomic E-state index is 11.1. The highest BCUT2D eigenvalue weighted by Crippen LogP contribution is 2.36. The Morgan fingerprint density at radius 2 is 1.57 bits per heavy atom. The number of rotatable bonds is 3. The van der Waals surface area contributed by atoms with Gasteiger partial charge >= 0.3 is 0 Å². The zero-order valence-electron chi connectivity index (χ0n) is 10.5. The maximum Gasteiger partial charge on any atom is 0.294 e. The summed E-state index contributed by atoms with van der Waals surface area (Å²) in [7, 11) is -4.52.